The quantitative estimate of drug-likeness (QED) is 0.681. The first-order chi connectivity index (χ1) is 9.56. The predicted molar refractivity (Wildman–Crippen MR) is 77.7 cm³/mol. The maximum Gasteiger partial charge on any atom is 0.131 e. The molecular weight excluding hydrogens is 279 g/mol. The summed E-state index contributed by atoms with van der Waals surface area (Å²) in [7, 11) is 0. The summed E-state index contributed by atoms with van der Waals surface area (Å²) >= 11 is 5.90. The van der Waals surface area contributed by atoms with Gasteiger partial charge in [0.05, 0.1) is 0 Å². The molecule has 0 unspecified atom stereocenters. The van der Waals surface area contributed by atoms with Crippen LogP contribution in [-0.2, 0) is 0 Å². The van der Waals surface area contributed by atoms with Gasteiger partial charge in [0.2, 0.25) is 0 Å². The molecule has 0 spiro atoms. The summed E-state index contributed by atoms with van der Waals surface area (Å²) in [5.74, 6) is -0.503. The number of phenolic OH excluding ortho intramolecular Hbond substituents is 2. The lowest BCUT2D eigenvalue weighted by atomic mass is 9.96. The van der Waals surface area contributed by atoms with Crippen LogP contribution in [0.1, 0.15) is 0 Å². The van der Waals surface area contributed by atoms with Crippen LogP contribution in [0.5, 0.6) is 11.5 Å². The van der Waals surface area contributed by atoms with Crippen LogP contribution in [0.4, 0.5) is 4.39 Å². The topological polar surface area (TPSA) is 40.5 Å². The first-order valence-corrected chi connectivity index (χ1v) is 6.34. The van der Waals surface area contributed by atoms with Crippen molar-refractivity contribution in [3.8, 4) is 22.6 Å². The van der Waals surface area contributed by atoms with Crippen molar-refractivity contribution in [3.05, 3.63) is 59.4 Å². The summed E-state index contributed by atoms with van der Waals surface area (Å²) in [4.78, 5) is 0. The Labute approximate surface area is 119 Å². The van der Waals surface area contributed by atoms with Gasteiger partial charge in [0.25, 0.3) is 0 Å². The summed E-state index contributed by atoms with van der Waals surface area (Å²) in [6.07, 6.45) is 0. The van der Waals surface area contributed by atoms with Crippen LogP contribution in [-0.4, -0.2) is 10.2 Å². The highest BCUT2D eigenvalue weighted by molar-refractivity contribution is 6.31. The van der Waals surface area contributed by atoms with Gasteiger partial charge in [-0.15, -0.1) is 0 Å². The van der Waals surface area contributed by atoms with Crippen molar-refractivity contribution in [1.82, 2.24) is 0 Å². The number of phenols is 2. The molecular formula is C16H10ClFO2. The van der Waals surface area contributed by atoms with Crippen molar-refractivity contribution >= 4 is 22.4 Å². The minimum atomic E-state index is -0.486. The Hall–Kier alpha value is -2.26. The van der Waals surface area contributed by atoms with E-state index in [2.05, 4.69) is 0 Å². The number of fused-ring (bicyclic) bond motifs is 1. The van der Waals surface area contributed by atoms with Crippen molar-refractivity contribution in [2.45, 2.75) is 0 Å². The third kappa shape index (κ3) is 2.06. The Morgan fingerprint density at radius 1 is 0.900 bits per heavy atom. The lowest BCUT2D eigenvalue weighted by Gasteiger charge is -2.11. The van der Waals surface area contributed by atoms with Crippen LogP contribution in [0.25, 0.3) is 21.9 Å². The van der Waals surface area contributed by atoms with Crippen molar-refractivity contribution in [1.29, 1.82) is 0 Å². The summed E-state index contributed by atoms with van der Waals surface area (Å²) in [6.45, 7) is 0. The molecule has 0 fully saturated rings. The Morgan fingerprint density at radius 3 is 2.45 bits per heavy atom. The smallest absolute Gasteiger partial charge is 0.131 e. The zero-order chi connectivity index (χ0) is 14.3. The number of hydrogen-bond acceptors (Lipinski definition) is 2. The number of hydrogen-bond donors (Lipinski definition) is 2. The van der Waals surface area contributed by atoms with Gasteiger partial charge < -0.3 is 10.2 Å². The van der Waals surface area contributed by atoms with Crippen LogP contribution in [0, 0.1) is 5.82 Å². The molecule has 0 saturated heterocycles. The first kappa shape index (κ1) is 12.8. The SMILES string of the molecule is Oc1ccc2ccc(O)c(-c3cc(Cl)ccc3F)c2c1. The molecule has 20 heavy (non-hydrogen) atoms. The van der Waals surface area contributed by atoms with Crippen LogP contribution in [0.2, 0.25) is 5.02 Å². The molecule has 4 heteroatoms. The molecule has 0 aliphatic carbocycles. The molecule has 0 aromatic heterocycles. The molecule has 0 heterocycles. The molecule has 0 aliphatic heterocycles. The van der Waals surface area contributed by atoms with Gasteiger partial charge in [0.15, 0.2) is 0 Å². The fourth-order valence-electron chi connectivity index (χ4n) is 2.27. The standard InChI is InChI=1S/C16H10ClFO2/c17-10-3-5-14(18)13(7-10)16-12-8-11(19)4-1-9(12)2-6-15(16)20/h1-8,19-20H. The van der Waals surface area contributed by atoms with Crippen LogP contribution < -0.4 is 0 Å². The molecule has 0 aliphatic rings. The Morgan fingerprint density at radius 2 is 1.65 bits per heavy atom. The number of rotatable bonds is 1. The molecule has 2 nitrogen and oxygen atoms in total. The third-order valence-electron chi connectivity index (χ3n) is 3.18. The summed E-state index contributed by atoms with van der Waals surface area (Å²) < 4.78 is 14.0. The lowest BCUT2D eigenvalue weighted by molar-refractivity contribution is 0.475. The van der Waals surface area contributed by atoms with E-state index in [9.17, 15) is 14.6 Å². The summed E-state index contributed by atoms with van der Waals surface area (Å²) in [6, 6.07) is 12.1. The van der Waals surface area contributed by atoms with Gasteiger partial charge in [0, 0.05) is 16.1 Å². The minimum absolute atomic E-state index is 0.0480. The second kappa shape index (κ2) is 4.69. The van der Waals surface area contributed by atoms with E-state index >= 15 is 0 Å². The maximum absolute atomic E-state index is 14.0. The second-order valence-electron chi connectivity index (χ2n) is 4.49. The fourth-order valence-corrected chi connectivity index (χ4v) is 2.44. The molecule has 0 radical (unpaired) electrons. The largest absolute Gasteiger partial charge is 0.508 e. The van der Waals surface area contributed by atoms with Gasteiger partial charge in [-0.2, -0.15) is 0 Å². The molecule has 0 atom stereocenters. The lowest BCUT2D eigenvalue weighted by Crippen LogP contribution is -1.87. The van der Waals surface area contributed by atoms with E-state index in [1.807, 2.05) is 0 Å². The normalized spacial score (nSPS) is 10.9. The number of halogens is 2. The fraction of sp³-hybridized carbons (Fsp3) is 0. The molecule has 100 valence electrons. The van der Waals surface area contributed by atoms with Gasteiger partial charge in [-0.05, 0) is 47.2 Å². The summed E-state index contributed by atoms with van der Waals surface area (Å²) in [5, 5.41) is 21.4. The van der Waals surface area contributed by atoms with E-state index in [0.717, 1.165) is 5.39 Å². The van der Waals surface area contributed by atoms with Gasteiger partial charge in [-0.3, -0.25) is 0 Å². The monoisotopic (exact) mass is 288 g/mol. The van der Waals surface area contributed by atoms with Gasteiger partial charge in [0.1, 0.15) is 17.3 Å². The number of aromatic hydroxyl groups is 2. The third-order valence-corrected chi connectivity index (χ3v) is 3.42. The molecule has 3 aromatic rings. The van der Waals surface area contributed by atoms with E-state index in [0.29, 0.717) is 16.0 Å². The van der Waals surface area contributed by atoms with Crippen LogP contribution in [0.15, 0.2) is 48.5 Å². The average Bonchev–Trinajstić information content (AvgIpc) is 2.42. The maximum atomic E-state index is 14.0. The molecule has 0 amide bonds. The van der Waals surface area contributed by atoms with Gasteiger partial charge in [-0.1, -0.05) is 23.7 Å². The Bertz CT molecular complexity index is 810. The molecule has 0 bridgehead atoms. The van der Waals surface area contributed by atoms with E-state index < -0.39 is 5.82 Å². The average molecular weight is 289 g/mol. The minimum Gasteiger partial charge on any atom is -0.508 e. The molecule has 0 saturated carbocycles. The summed E-state index contributed by atoms with van der Waals surface area (Å²) in [5.41, 5.74) is 0.518. The Balaban J connectivity index is 2.43. The van der Waals surface area contributed by atoms with Crippen molar-refractivity contribution in [2.75, 3.05) is 0 Å². The van der Waals surface area contributed by atoms with Crippen molar-refractivity contribution in [2.24, 2.45) is 0 Å². The van der Waals surface area contributed by atoms with Crippen molar-refractivity contribution < 1.29 is 14.6 Å². The highest BCUT2D eigenvalue weighted by Gasteiger charge is 2.14. The first-order valence-electron chi connectivity index (χ1n) is 5.96. The van der Waals surface area contributed by atoms with Gasteiger partial charge in [-0.25, -0.2) is 4.39 Å². The zero-order valence-electron chi connectivity index (χ0n) is 10.3. The van der Waals surface area contributed by atoms with Crippen LogP contribution in [0.3, 0.4) is 0 Å². The van der Waals surface area contributed by atoms with E-state index in [1.165, 1.54) is 36.4 Å². The second-order valence-corrected chi connectivity index (χ2v) is 4.93. The van der Waals surface area contributed by atoms with Crippen molar-refractivity contribution in [3.63, 3.8) is 0 Å². The highest BCUT2D eigenvalue weighted by Crippen LogP contribution is 2.39. The zero-order valence-corrected chi connectivity index (χ0v) is 11.0. The van der Waals surface area contributed by atoms with E-state index in [-0.39, 0.29) is 17.1 Å². The molecule has 3 aromatic carbocycles. The predicted octanol–water partition coefficient (Wildman–Crippen LogP) is 4.71. The van der Waals surface area contributed by atoms with E-state index in [4.69, 9.17) is 11.6 Å². The van der Waals surface area contributed by atoms with Gasteiger partial charge >= 0.3 is 0 Å². The van der Waals surface area contributed by atoms with E-state index in [1.54, 1.807) is 12.1 Å². The number of benzene rings is 3. The Kier molecular flexibility index (Phi) is 2.99. The molecule has 3 rings (SSSR count). The highest BCUT2D eigenvalue weighted by atomic mass is 35.5. The van der Waals surface area contributed by atoms with Crippen LogP contribution >= 0.6 is 11.6 Å². The molecule has 2 N–H and O–H groups in total.